The van der Waals surface area contributed by atoms with E-state index in [1.54, 1.807) is 0 Å². The number of methoxy groups -OCH3 is 1. The van der Waals surface area contributed by atoms with E-state index in [1.165, 1.54) is 12.0 Å². The molecule has 3 N–H and O–H groups in total. The molecule has 0 aromatic rings. The number of likely N-dealkylation sites (tertiary alicyclic amines) is 1. The van der Waals surface area contributed by atoms with E-state index in [2.05, 4.69) is 0 Å². The molecule has 0 unspecified atom stereocenters. The number of rotatable bonds is 3. The Hall–Kier alpha value is -1.14. The van der Waals surface area contributed by atoms with Gasteiger partial charge in [0, 0.05) is 13.7 Å². The summed E-state index contributed by atoms with van der Waals surface area (Å²) in [5.74, 6) is -1.37. The molecule has 1 rings (SSSR count). The van der Waals surface area contributed by atoms with Crippen molar-refractivity contribution in [2.75, 3.05) is 13.7 Å². The molecule has 18 heavy (non-hydrogen) atoms. The minimum absolute atomic E-state index is 0.325. The van der Waals surface area contributed by atoms with Crippen LogP contribution in [0, 0.1) is 5.41 Å². The van der Waals surface area contributed by atoms with E-state index in [9.17, 15) is 14.7 Å². The highest BCUT2D eigenvalue weighted by Gasteiger charge is 2.45. The lowest BCUT2D eigenvalue weighted by Crippen LogP contribution is -2.55. The molecule has 0 bridgehead atoms. The van der Waals surface area contributed by atoms with Gasteiger partial charge in [-0.1, -0.05) is 20.8 Å². The number of ether oxygens (including phenoxy) is 1. The number of carbonyl (C=O) groups is 2. The molecule has 0 radical (unpaired) electrons. The molecule has 0 aliphatic carbocycles. The van der Waals surface area contributed by atoms with Gasteiger partial charge in [-0.25, -0.2) is 4.79 Å². The van der Waals surface area contributed by atoms with Crippen molar-refractivity contribution in [2.24, 2.45) is 11.1 Å². The maximum Gasteiger partial charge on any atom is 0.329 e. The Bertz CT molecular complexity index is 337. The Balaban J connectivity index is 2.89. The Kier molecular flexibility index (Phi) is 4.34. The highest BCUT2D eigenvalue weighted by molar-refractivity contribution is 5.88. The Labute approximate surface area is 107 Å². The van der Waals surface area contributed by atoms with Gasteiger partial charge in [-0.3, -0.25) is 4.79 Å². The van der Waals surface area contributed by atoms with Crippen molar-refractivity contribution in [3.63, 3.8) is 0 Å². The van der Waals surface area contributed by atoms with Crippen LogP contribution in [0.2, 0.25) is 0 Å². The number of nitrogens with two attached hydrogens (primary N) is 1. The summed E-state index contributed by atoms with van der Waals surface area (Å²) >= 11 is 0. The van der Waals surface area contributed by atoms with Crippen LogP contribution in [0.4, 0.5) is 0 Å². The average Bonchev–Trinajstić information content (AvgIpc) is 2.69. The van der Waals surface area contributed by atoms with Crippen molar-refractivity contribution in [3.8, 4) is 0 Å². The van der Waals surface area contributed by atoms with Gasteiger partial charge in [0.15, 0.2) is 6.04 Å². The minimum atomic E-state index is -1.05. The van der Waals surface area contributed by atoms with Crippen molar-refractivity contribution in [1.29, 1.82) is 0 Å². The molecule has 1 saturated heterocycles. The maximum atomic E-state index is 12.3. The number of carboxylic acid groups (broad SMARTS) is 1. The first-order chi connectivity index (χ1) is 8.20. The Morgan fingerprint density at radius 3 is 2.39 bits per heavy atom. The first kappa shape index (κ1) is 14.9. The summed E-state index contributed by atoms with van der Waals surface area (Å²) in [6.45, 7) is 5.94. The van der Waals surface area contributed by atoms with Crippen molar-refractivity contribution < 1.29 is 19.4 Å². The summed E-state index contributed by atoms with van der Waals surface area (Å²) in [5.41, 5.74) is 5.50. The number of carbonyl (C=O) groups excluding carboxylic acids is 1. The molecule has 0 spiro atoms. The molecule has 1 fully saturated rings. The van der Waals surface area contributed by atoms with Crippen LogP contribution >= 0.6 is 0 Å². The molecule has 1 heterocycles. The predicted molar refractivity (Wildman–Crippen MR) is 66.0 cm³/mol. The first-order valence-corrected chi connectivity index (χ1v) is 6.01. The van der Waals surface area contributed by atoms with E-state index < -0.39 is 29.6 Å². The number of carboxylic acids is 1. The van der Waals surface area contributed by atoms with Crippen molar-refractivity contribution in [1.82, 2.24) is 4.90 Å². The number of nitrogens with zero attached hydrogens (tertiary/aromatic N) is 1. The number of aliphatic carboxylic acids is 1. The molecule has 0 saturated carbocycles. The van der Waals surface area contributed by atoms with Crippen LogP contribution in [0.3, 0.4) is 0 Å². The molecule has 1 amide bonds. The fourth-order valence-corrected chi connectivity index (χ4v) is 2.10. The largest absolute Gasteiger partial charge is 0.480 e. The fraction of sp³-hybridized carbons (Fsp3) is 0.833. The molecule has 6 heteroatoms. The van der Waals surface area contributed by atoms with Crippen LogP contribution < -0.4 is 5.73 Å². The summed E-state index contributed by atoms with van der Waals surface area (Å²) in [7, 11) is 1.46. The maximum absolute atomic E-state index is 12.3. The van der Waals surface area contributed by atoms with Crippen molar-refractivity contribution in [3.05, 3.63) is 0 Å². The third-order valence-electron chi connectivity index (χ3n) is 3.38. The van der Waals surface area contributed by atoms with Gasteiger partial charge in [-0.15, -0.1) is 0 Å². The molecule has 3 atom stereocenters. The number of amides is 1. The van der Waals surface area contributed by atoms with Gasteiger partial charge in [-0.05, 0) is 11.8 Å². The summed E-state index contributed by atoms with van der Waals surface area (Å²) in [4.78, 5) is 24.8. The van der Waals surface area contributed by atoms with Gasteiger partial charge in [-0.2, -0.15) is 0 Å². The SMILES string of the molecule is CO[C@@H]1CCN(C(=O)[C@@H](N)C(C)(C)C)[C@@H]1C(=O)O. The normalized spacial score (nSPS) is 26.2. The van der Waals surface area contributed by atoms with Gasteiger partial charge in [0.25, 0.3) is 0 Å². The summed E-state index contributed by atoms with van der Waals surface area (Å²) < 4.78 is 5.12. The lowest BCUT2D eigenvalue weighted by Gasteiger charge is -2.32. The van der Waals surface area contributed by atoms with E-state index in [0.29, 0.717) is 13.0 Å². The zero-order valence-electron chi connectivity index (χ0n) is 11.3. The van der Waals surface area contributed by atoms with Crippen LogP contribution in [-0.2, 0) is 14.3 Å². The quantitative estimate of drug-likeness (QED) is 0.746. The summed E-state index contributed by atoms with van der Waals surface area (Å²) in [5, 5.41) is 9.20. The molecule has 0 aromatic carbocycles. The standard InChI is InChI=1S/C12H22N2O4/c1-12(2,3)9(13)10(15)14-6-5-7(18-4)8(14)11(16)17/h7-9H,5-6,13H2,1-4H3,(H,16,17)/t7-,8+,9-/m1/s1. The Morgan fingerprint density at radius 2 is 2.00 bits per heavy atom. The van der Waals surface area contributed by atoms with Crippen LogP contribution in [0.25, 0.3) is 0 Å². The second-order valence-electron chi connectivity index (χ2n) is 5.72. The van der Waals surface area contributed by atoms with Crippen LogP contribution in [0.5, 0.6) is 0 Å². The van der Waals surface area contributed by atoms with Crippen LogP contribution in [0.15, 0.2) is 0 Å². The van der Waals surface area contributed by atoms with Crippen LogP contribution in [0.1, 0.15) is 27.2 Å². The van der Waals surface area contributed by atoms with E-state index in [0.717, 1.165) is 0 Å². The second kappa shape index (κ2) is 5.24. The monoisotopic (exact) mass is 258 g/mol. The molecule has 104 valence electrons. The molecular weight excluding hydrogens is 236 g/mol. The average molecular weight is 258 g/mol. The van der Waals surface area contributed by atoms with E-state index in [-0.39, 0.29) is 5.91 Å². The smallest absolute Gasteiger partial charge is 0.329 e. The van der Waals surface area contributed by atoms with Gasteiger partial charge in [0.05, 0.1) is 12.1 Å². The van der Waals surface area contributed by atoms with E-state index in [1.807, 2.05) is 20.8 Å². The summed E-state index contributed by atoms with van der Waals surface area (Å²) in [6.07, 6.45) is 0.0643. The molecular formula is C12H22N2O4. The van der Waals surface area contributed by atoms with Gasteiger partial charge < -0.3 is 20.5 Å². The molecule has 1 aliphatic heterocycles. The number of hydrogen-bond donors (Lipinski definition) is 2. The highest BCUT2D eigenvalue weighted by Crippen LogP contribution is 2.25. The van der Waals surface area contributed by atoms with Gasteiger partial charge >= 0.3 is 5.97 Å². The van der Waals surface area contributed by atoms with Crippen LogP contribution in [-0.4, -0.2) is 53.7 Å². The zero-order chi connectivity index (χ0) is 14.1. The van der Waals surface area contributed by atoms with Gasteiger partial charge in [0.1, 0.15) is 0 Å². The fourth-order valence-electron chi connectivity index (χ4n) is 2.10. The molecule has 6 nitrogen and oxygen atoms in total. The topological polar surface area (TPSA) is 92.9 Å². The number of hydrogen-bond acceptors (Lipinski definition) is 4. The van der Waals surface area contributed by atoms with E-state index >= 15 is 0 Å². The highest BCUT2D eigenvalue weighted by atomic mass is 16.5. The van der Waals surface area contributed by atoms with Gasteiger partial charge in [0.2, 0.25) is 5.91 Å². The van der Waals surface area contributed by atoms with E-state index in [4.69, 9.17) is 10.5 Å². The third kappa shape index (κ3) is 2.81. The summed E-state index contributed by atoms with van der Waals surface area (Å²) in [6, 6.07) is -1.65. The van der Waals surface area contributed by atoms with Crippen molar-refractivity contribution in [2.45, 2.75) is 45.4 Å². The second-order valence-corrected chi connectivity index (χ2v) is 5.72. The zero-order valence-corrected chi connectivity index (χ0v) is 11.3. The molecule has 1 aliphatic rings. The lowest BCUT2D eigenvalue weighted by molar-refractivity contribution is -0.153. The molecule has 0 aromatic heterocycles. The predicted octanol–water partition coefficient (Wildman–Crippen LogP) is 0.0603. The minimum Gasteiger partial charge on any atom is -0.480 e. The third-order valence-corrected chi connectivity index (χ3v) is 3.38. The van der Waals surface area contributed by atoms with Crippen molar-refractivity contribution >= 4 is 11.9 Å². The lowest BCUT2D eigenvalue weighted by atomic mass is 9.86. The first-order valence-electron chi connectivity index (χ1n) is 6.01. The Morgan fingerprint density at radius 1 is 1.44 bits per heavy atom.